The smallest absolute Gasteiger partial charge is 0.257 e. The van der Waals surface area contributed by atoms with Gasteiger partial charge in [0.2, 0.25) is 0 Å². The van der Waals surface area contributed by atoms with Crippen LogP contribution in [-0.2, 0) is 0 Å². The van der Waals surface area contributed by atoms with Gasteiger partial charge in [-0.25, -0.2) is 8.78 Å². The Hall–Kier alpha value is -2.18. The standard InChI is InChI=1S/C13H15F2N3O2/c14-9-5-3-4-8(11(9)15)13(19)18-7-2-1-6-10(18)12(16)17-20/h3-5,10,20H,1-2,6-7H2,(H2,16,17). The maximum Gasteiger partial charge on any atom is 0.257 e. The molecule has 1 aliphatic heterocycles. The van der Waals surface area contributed by atoms with E-state index in [1.54, 1.807) is 0 Å². The van der Waals surface area contributed by atoms with Gasteiger partial charge in [-0.1, -0.05) is 11.2 Å². The summed E-state index contributed by atoms with van der Waals surface area (Å²) in [6.45, 7) is 0.357. The summed E-state index contributed by atoms with van der Waals surface area (Å²) in [4.78, 5) is 13.6. The van der Waals surface area contributed by atoms with E-state index in [4.69, 9.17) is 10.9 Å². The van der Waals surface area contributed by atoms with Crippen molar-refractivity contribution < 1.29 is 18.8 Å². The lowest BCUT2D eigenvalue weighted by Crippen LogP contribution is -2.50. The van der Waals surface area contributed by atoms with E-state index in [9.17, 15) is 13.6 Å². The van der Waals surface area contributed by atoms with Crippen molar-refractivity contribution in [1.29, 1.82) is 0 Å². The molecule has 20 heavy (non-hydrogen) atoms. The first-order valence-electron chi connectivity index (χ1n) is 6.28. The van der Waals surface area contributed by atoms with Crippen molar-refractivity contribution in [3.63, 3.8) is 0 Å². The number of nitrogens with two attached hydrogens (primary N) is 1. The monoisotopic (exact) mass is 283 g/mol. The minimum absolute atomic E-state index is 0.102. The second-order valence-corrected chi connectivity index (χ2v) is 4.64. The van der Waals surface area contributed by atoms with Crippen LogP contribution in [0.1, 0.15) is 29.6 Å². The van der Waals surface area contributed by atoms with Crippen LogP contribution in [0.5, 0.6) is 0 Å². The summed E-state index contributed by atoms with van der Waals surface area (Å²) in [6.07, 6.45) is 2.08. The third-order valence-electron chi connectivity index (χ3n) is 3.40. The summed E-state index contributed by atoms with van der Waals surface area (Å²) in [6, 6.07) is 2.85. The summed E-state index contributed by atoms with van der Waals surface area (Å²) in [5, 5.41) is 11.7. The van der Waals surface area contributed by atoms with Crippen LogP contribution in [0.4, 0.5) is 8.78 Å². The number of carbonyl (C=O) groups is 1. The molecule has 1 saturated heterocycles. The summed E-state index contributed by atoms with van der Waals surface area (Å²) in [5.41, 5.74) is 5.22. The Balaban J connectivity index is 2.32. The van der Waals surface area contributed by atoms with Gasteiger partial charge in [-0.3, -0.25) is 4.79 Å². The fraction of sp³-hybridized carbons (Fsp3) is 0.385. The van der Waals surface area contributed by atoms with Gasteiger partial charge < -0.3 is 15.8 Å². The lowest BCUT2D eigenvalue weighted by atomic mass is 10.00. The van der Waals surface area contributed by atoms with Crippen LogP contribution in [-0.4, -0.2) is 34.4 Å². The first-order chi connectivity index (χ1) is 9.56. The second-order valence-electron chi connectivity index (χ2n) is 4.64. The number of benzene rings is 1. The number of carbonyl (C=O) groups excluding carboxylic acids is 1. The van der Waals surface area contributed by atoms with Crippen molar-refractivity contribution in [2.24, 2.45) is 10.9 Å². The first-order valence-corrected chi connectivity index (χ1v) is 6.28. The van der Waals surface area contributed by atoms with Gasteiger partial charge in [-0.15, -0.1) is 0 Å². The number of halogens is 2. The van der Waals surface area contributed by atoms with Crippen molar-refractivity contribution in [3.8, 4) is 0 Å². The van der Waals surface area contributed by atoms with Crippen molar-refractivity contribution in [2.75, 3.05) is 6.54 Å². The number of rotatable bonds is 2. The van der Waals surface area contributed by atoms with Gasteiger partial charge in [-0.2, -0.15) is 0 Å². The zero-order valence-electron chi connectivity index (χ0n) is 10.7. The summed E-state index contributed by atoms with van der Waals surface area (Å²) in [5.74, 6) is -3.01. The molecular weight excluding hydrogens is 268 g/mol. The van der Waals surface area contributed by atoms with E-state index in [0.717, 1.165) is 18.9 Å². The second kappa shape index (κ2) is 5.85. The van der Waals surface area contributed by atoms with Crippen LogP contribution in [0.15, 0.2) is 23.4 Å². The summed E-state index contributed by atoms with van der Waals surface area (Å²) >= 11 is 0. The average molecular weight is 283 g/mol. The van der Waals surface area contributed by atoms with Crippen molar-refractivity contribution in [3.05, 3.63) is 35.4 Å². The number of hydrogen-bond donors (Lipinski definition) is 2. The van der Waals surface area contributed by atoms with Crippen LogP contribution < -0.4 is 5.73 Å². The maximum atomic E-state index is 13.7. The number of hydrogen-bond acceptors (Lipinski definition) is 3. The van der Waals surface area contributed by atoms with Gasteiger partial charge in [-0.05, 0) is 31.4 Å². The third kappa shape index (κ3) is 2.56. The number of amides is 1. The molecule has 1 aliphatic rings. The summed E-state index contributed by atoms with van der Waals surface area (Å²) < 4.78 is 26.9. The van der Waals surface area contributed by atoms with Crippen molar-refractivity contribution >= 4 is 11.7 Å². The van der Waals surface area contributed by atoms with Gasteiger partial charge in [0, 0.05) is 6.54 Å². The van der Waals surface area contributed by atoms with Gasteiger partial charge in [0.1, 0.15) is 0 Å². The van der Waals surface area contributed by atoms with Crippen molar-refractivity contribution in [2.45, 2.75) is 25.3 Å². The van der Waals surface area contributed by atoms with Crippen LogP contribution in [0.2, 0.25) is 0 Å². The lowest BCUT2D eigenvalue weighted by Gasteiger charge is -2.34. The fourth-order valence-corrected chi connectivity index (χ4v) is 2.37. The number of likely N-dealkylation sites (tertiary alicyclic amines) is 1. The van der Waals surface area contributed by atoms with Crippen molar-refractivity contribution in [1.82, 2.24) is 4.90 Å². The topological polar surface area (TPSA) is 78.9 Å². The predicted molar refractivity (Wildman–Crippen MR) is 68.4 cm³/mol. The van der Waals surface area contributed by atoms with E-state index in [1.807, 2.05) is 0 Å². The van der Waals surface area contributed by atoms with Crippen LogP contribution in [0.25, 0.3) is 0 Å². The zero-order chi connectivity index (χ0) is 14.7. The number of piperidine rings is 1. The molecule has 0 bridgehead atoms. The first kappa shape index (κ1) is 14.2. The molecule has 0 spiro atoms. The number of oxime groups is 1. The summed E-state index contributed by atoms with van der Waals surface area (Å²) in [7, 11) is 0. The molecule has 1 fully saturated rings. The lowest BCUT2D eigenvalue weighted by molar-refractivity contribution is 0.0670. The molecule has 1 unspecified atom stereocenters. The van der Waals surface area contributed by atoms with E-state index in [1.165, 1.54) is 17.0 Å². The third-order valence-corrected chi connectivity index (χ3v) is 3.40. The van der Waals surface area contributed by atoms with Gasteiger partial charge in [0.15, 0.2) is 17.5 Å². The zero-order valence-corrected chi connectivity index (χ0v) is 10.7. The Labute approximate surface area is 114 Å². The fourth-order valence-electron chi connectivity index (χ4n) is 2.37. The molecule has 0 radical (unpaired) electrons. The Morgan fingerprint density at radius 3 is 2.85 bits per heavy atom. The average Bonchev–Trinajstić information content (AvgIpc) is 2.48. The minimum Gasteiger partial charge on any atom is -0.409 e. The molecule has 108 valence electrons. The molecular formula is C13H15F2N3O2. The predicted octanol–water partition coefficient (Wildman–Crippen LogP) is 1.71. The SMILES string of the molecule is NC(=NO)C1CCCCN1C(=O)c1cccc(F)c1F. The highest BCUT2D eigenvalue weighted by molar-refractivity contribution is 5.98. The largest absolute Gasteiger partial charge is 0.409 e. The maximum absolute atomic E-state index is 13.7. The van der Waals surface area contributed by atoms with Crippen LogP contribution >= 0.6 is 0 Å². The Morgan fingerprint density at radius 1 is 1.40 bits per heavy atom. The van der Waals surface area contributed by atoms with E-state index in [0.29, 0.717) is 13.0 Å². The highest BCUT2D eigenvalue weighted by Crippen LogP contribution is 2.22. The van der Waals surface area contributed by atoms with E-state index >= 15 is 0 Å². The van der Waals surface area contributed by atoms with Gasteiger partial charge >= 0.3 is 0 Å². The molecule has 1 amide bonds. The van der Waals surface area contributed by atoms with Gasteiger partial charge in [0.25, 0.3) is 5.91 Å². The van der Waals surface area contributed by atoms with Crippen LogP contribution in [0.3, 0.4) is 0 Å². The number of nitrogens with zero attached hydrogens (tertiary/aromatic N) is 2. The quantitative estimate of drug-likeness (QED) is 0.375. The number of amidine groups is 1. The molecule has 3 N–H and O–H groups in total. The molecule has 2 rings (SSSR count). The molecule has 1 aromatic carbocycles. The molecule has 0 aromatic heterocycles. The Bertz CT molecular complexity index is 548. The van der Waals surface area contributed by atoms with E-state index in [-0.39, 0.29) is 11.4 Å². The highest BCUT2D eigenvalue weighted by atomic mass is 19.2. The molecule has 5 nitrogen and oxygen atoms in total. The Kier molecular flexibility index (Phi) is 4.16. The molecule has 1 atom stereocenters. The Morgan fingerprint density at radius 2 is 2.15 bits per heavy atom. The highest BCUT2D eigenvalue weighted by Gasteiger charge is 2.32. The molecule has 7 heteroatoms. The molecule has 1 heterocycles. The van der Waals surface area contributed by atoms with Crippen LogP contribution in [0, 0.1) is 11.6 Å². The molecule has 1 aromatic rings. The van der Waals surface area contributed by atoms with E-state index < -0.39 is 23.6 Å². The normalized spacial score (nSPS) is 20.0. The molecule has 0 aliphatic carbocycles. The van der Waals surface area contributed by atoms with E-state index in [2.05, 4.69) is 5.16 Å². The molecule has 0 saturated carbocycles. The van der Waals surface area contributed by atoms with Gasteiger partial charge in [0.05, 0.1) is 11.6 Å². The minimum atomic E-state index is -1.18.